The summed E-state index contributed by atoms with van der Waals surface area (Å²) in [5, 5.41) is 9.25. The van der Waals surface area contributed by atoms with Gasteiger partial charge in [0.25, 0.3) is 10.0 Å². The Kier molecular flexibility index (Phi) is 4.51. The van der Waals surface area contributed by atoms with E-state index in [0.29, 0.717) is 5.56 Å². The number of carboxylic acids is 1. The van der Waals surface area contributed by atoms with Gasteiger partial charge in [-0.15, -0.1) is 0 Å². The average Bonchev–Trinajstić information content (AvgIpc) is 2.46. The minimum atomic E-state index is -3.82. The number of benzene rings is 2. The molecule has 2 aromatic carbocycles. The Morgan fingerprint density at radius 2 is 1.77 bits per heavy atom. The highest BCUT2D eigenvalue weighted by atomic mass is 32.2. The van der Waals surface area contributed by atoms with Crippen molar-refractivity contribution in [2.45, 2.75) is 25.2 Å². The lowest BCUT2D eigenvalue weighted by Crippen LogP contribution is -2.16. The highest BCUT2D eigenvalue weighted by Gasteiger charge is 2.19. The third-order valence-electron chi connectivity index (χ3n) is 3.37. The quantitative estimate of drug-likeness (QED) is 0.887. The molecule has 0 amide bonds. The van der Waals surface area contributed by atoms with Gasteiger partial charge in [-0.05, 0) is 42.7 Å². The molecule has 116 valence electrons. The van der Waals surface area contributed by atoms with E-state index >= 15 is 0 Å². The van der Waals surface area contributed by atoms with Gasteiger partial charge in [0.05, 0.1) is 16.1 Å². The van der Waals surface area contributed by atoms with Crippen molar-refractivity contribution in [3.63, 3.8) is 0 Å². The maximum atomic E-state index is 12.4. The number of rotatable bonds is 5. The standard InChI is InChI=1S/C16H17NO4S/c1-3-12-7-9-13(10-8-12)22(20,21)17-14-6-4-5-11(2)15(14)16(18)19/h4-10,17H,3H2,1-2H3,(H,18,19). The zero-order valence-electron chi connectivity index (χ0n) is 12.3. The predicted octanol–water partition coefficient (Wildman–Crippen LogP) is 3.06. The summed E-state index contributed by atoms with van der Waals surface area (Å²) in [7, 11) is -3.82. The van der Waals surface area contributed by atoms with Gasteiger partial charge in [0, 0.05) is 0 Å². The molecular formula is C16H17NO4S. The largest absolute Gasteiger partial charge is 0.478 e. The molecule has 5 nitrogen and oxygen atoms in total. The Morgan fingerprint density at radius 3 is 2.32 bits per heavy atom. The van der Waals surface area contributed by atoms with E-state index < -0.39 is 16.0 Å². The zero-order chi connectivity index (χ0) is 16.3. The smallest absolute Gasteiger partial charge is 0.338 e. The molecule has 0 saturated carbocycles. The monoisotopic (exact) mass is 319 g/mol. The molecule has 2 N–H and O–H groups in total. The second-order valence-corrected chi connectivity index (χ2v) is 6.59. The van der Waals surface area contributed by atoms with Gasteiger partial charge < -0.3 is 5.11 Å². The fraction of sp³-hybridized carbons (Fsp3) is 0.188. The molecule has 0 aliphatic heterocycles. The number of aryl methyl sites for hydroxylation is 2. The van der Waals surface area contributed by atoms with Gasteiger partial charge >= 0.3 is 5.97 Å². The van der Waals surface area contributed by atoms with Gasteiger partial charge in [-0.3, -0.25) is 4.72 Å². The van der Waals surface area contributed by atoms with Crippen molar-refractivity contribution >= 4 is 21.7 Å². The van der Waals surface area contributed by atoms with Gasteiger partial charge in [-0.25, -0.2) is 13.2 Å². The molecule has 0 aliphatic carbocycles. The van der Waals surface area contributed by atoms with E-state index in [1.165, 1.54) is 18.2 Å². The van der Waals surface area contributed by atoms with Crippen molar-refractivity contribution in [3.05, 3.63) is 59.2 Å². The number of aromatic carboxylic acids is 1. The molecule has 0 atom stereocenters. The lowest BCUT2D eigenvalue weighted by molar-refractivity contribution is 0.0697. The minimum Gasteiger partial charge on any atom is -0.478 e. The van der Waals surface area contributed by atoms with Crippen molar-refractivity contribution in [2.75, 3.05) is 4.72 Å². The van der Waals surface area contributed by atoms with Crippen molar-refractivity contribution in [3.8, 4) is 0 Å². The van der Waals surface area contributed by atoms with Crippen molar-refractivity contribution in [2.24, 2.45) is 0 Å². The number of anilines is 1. The van der Waals surface area contributed by atoms with E-state index in [0.717, 1.165) is 12.0 Å². The van der Waals surface area contributed by atoms with Crippen LogP contribution in [0.5, 0.6) is 0 Å². The summed E-state index contributed by atoms with van der Waals surface area (Å²) in [6, 6.07) is 11.2. The van der Waals surface area contributed by atoms with E-state index in [1.54, 1.807) is 31.2 Å². The second kappa shape index (κ2) is 6.19. The van der Waals surface area contributed by atoms with Gasteiger partial charge in [0.15, 0.2) is 0 Å². The molecule has 0 bridgehead atoms. The number of carbonyl (C=O) groups is 1. The van der Waals surface area contributed by atoms with Crippen LogP contribution in [0.3, 0.4) is 0 Å². The average molecular weight is 319 g/mol. The number of carboxylic acid groups (broad SMARTS) is 1. The molecular weight excluding hydrogens is 302 g/mol. The highest BCUT2D eigenvalue weighted by molar-refractivity contribution is 7.92. The van der Waals surface area contributed by atoms with Gasteiger partial charge in [0.2, 0.25) is 0 Å². The van der Waals surface area contributed by atoms with Crippen LogP contribution in [-0.4, -0.2) is 19.5 Å². The summed E-state index contributed by atoms with van der Waals surface area (Å²) in [4.78, 5) is 11.4. The van der Waals surface area contributed by atoms with Crippen LogP contribution in [0, 0.1) is 6.92 Å². The van der Waals surface area contributed by atoms with Crippen molar-refractivity contribution in [1.82, 2.24) is 0 Å². The normalized spacial score (nSPS) is 11.2. The number of nitrogens with one attached hydrogen (secondary N) is 1. The van der Waals surface area contributed by atoms with E-state index in [2.05, 4.69) is 4.72 Å². The SMILES string of the molecule is CCc1ccc(S(=O)(=O)Nc2cccc(C)c2C(=O)O)cc1. The van der Waals surface area contributed by atoms with Crippen LogP contribution in [0.15, 0.2) is 47.4 Å². The van der Waals surface area contributed by atoms with Gasteiger partial charge in [-0.2, -0.15) is 0 Å². The third-order valence-corrected chi connectivity index (χ3v) is 4.75. The summed E-state index contributed by atoms with van der Waals surface area (Å²) < 4.78 is 27.1. The first-order valence-corrected chi connectivity index (χ1v) is 8.28. The topological polar surface area (TPSA) is 83.5 Å². The van der Waals surface area contributed by atoms with Crippen LogP contribution in [0.1, 0.15) is 28.4 Å². The molecule has 0 aromatic heterocycles. The summed E-state index contributed by atoms with van der Waals surface area (Å²) in [6.07, 6.45) is 0.814. The maximum Gasteiger partial charge on any atom is 0.338 e. The van der Waals surface area contributed by atoms with Crippen LogP contribution < -0.4 is 4.72 Å². The molecule has 0 spiro atoms. The predicted molar refractivity (Wildman–Crippen MR) is 84.8 cm³/mol. The van der Waals surface area contributed by atoms with Crippen LogP contribution in [-0.2, 0) is 16.4 Å². The first kappa shape index (κ1) is 16.0. The summed E-state index contributed by atoms with van der Waals surface area (Å²) in [6.45, 7) is 3.60. The van der Waals surface area contributed by atoms with E-state index in [9.17, 15) is 18.3 Å². The number of hydrogen-bond donors (Lipinski definition) is 2. The summed E-state index contributed by atoms with van der Waals surface area (Å²) >= 11 is 0. The van der Waals surface area contributed by atoms with Crippen LogP contribution >= 0.6 is 0 Å². The Balaban J connectivity index is 2.40. The van der Waals surface area contributed by atoms with Crippen molar-refractivity contribution < 1.29 is 18.3 Å². The first-order chi connectivity index (χ1) is 10.3. The maximum absolute atomic E-state index is 12.4. The lowest BCUT2D eigenvalue weighted by Gasteiger charge is -2.12. The third kappa shape index (κ3) is 3.28. The molecule has 0 radical (unpaired) electrons. The number of hydrogen-bond acceptors (Lipinski definition) is 3. The van der Waals surface area contributed by atoms with E-state index in [4.69, 9.17) is 0 Å². The van der Waals surface area contributed by atoms with Gasteiger partial charge in [0.1, 0.15) is 0 Å². The Labute approximate surface area is 129 Å². The zero-order valence-corrected chi connectivity index (χ0v) is 13.1. The second-order valence-electron chi connectivity index (χ2n) is 4.91. The lowest BCUT2D eigenvalue weighted by atomic mass is 10.1. The molecule has 0 aliphatic rings. The van der Waals surface area contributed by atoms with Crippen molar-refractivity contribution in [1.29, 1.82) is 0 Å². The first-order valence-electron chi connectivity index (χ1n) is 6.80. The van der Waals surface area contributed by atoms with Gasteiger partial charge in [-0.1, -0.05) is 31.2 Å². The van der Waals surface area contributed by atoms with Crippen LogP contribution in [0.4, 0.5) is 5.69 Å². The molecule has 0 heterocycles. The molecule has 6 heteroatoms. The summed E-state index contributed by atoms with van der Waals surface area (Å²) in [5.41, 5.74) is 1.54. The fourth-order valence-corrected chi connectivity index (χ4v) is 3.22. The Morgan fingerprint density at radius 1 is 1.14 bits per heavy atom. The van der Waals surface area contributed by atoms with Crippen LogP contribution in [0.25, 0.3) is 0 Å². The Bertz CT molecular complexity index is 795. The van der Waals surface area contributed by atoms with E-state index in [1.807, 2.05) is 6.92 Å². The van der Waals surface area contributed by atoms with E-state index in [-0.39, 0.29) is 16.1 Å². The molecule has 0 fully saturated rings. The minimum absolute atomic E-state index is 0.0451. The fourth-order valence-electron chi connectivity index (χ4n) is 2.14. The highest BCUT2D eigenvalue weighted by Crippen LogP contribution is 2.23. The molecule has 0 saturated heterocycles. The molecule has 2 rings (SSSR count). The van der Waals surface area contributed by atoms with Crippen LogP contribution in [0.2, 0.25) is 0 Å². The molecule has 22 heavy (non-hydrogen) atoms. The summed E-state index contributed by atoms with van der Waals surface area (Å²) in [5.74, 6) is -1.17. The number of sulfonamides is 1. The Hall–Kier alpha value is -2.34. The molecule has 2 aromatic rings. The molecule has 0 unspecified atom stereocenters.